The van der Waals surface area contributed by atoms with Crippen LogP contribution in [-0.4, -0.2) is 0 Å². The average Bonchev–Trinajstić information content (AvgIpc) is 1.49. The van der Waals surface area contributed by atoms with Gasteiger partial charge >= 0.3 is 0 Å². The van der Waals surface area contributed by atoms with E-state index < -0.39 is 10.8 Å². The van der Waals surface area contributed by atoms with Crippen LogP contribution in [-0.2, 0) is 16.2 Å². The number of rotatable bonds is 5. The van der Waals surface area contributed by atoms with E-state index in [1.54, 1.807) is 0 Å². The molecular formula is C91H59NO2. The van der Waals surface area contributed by atoms with Crippen molar-refractivity contribution >= 4 is 60.9 Å². The largest absolute Gasteiger partial charge is 0.456 e. The molecule has 0 unspecified atom stereocenters. The minimum atomic E-state index is -0.687. The molecule has 440 valence electrons. The van der Waals surface area contributed by atoms with Gasteiger partial charge in [0.25, 0.3) is 0 Å². The van der Waals surface area contributed by atoms with Crippen molar-refractivity contribution in [3.63, 3.8) is 0 Å². The summed E-state index contributed by atoms with van der Waals surface area (Å²) in [6.45, 7) is 9.26. The van der Waals surface area contributed by atoms with Crippen molar-refractivity contribution in [2.75, 3.05) is 4.90 Å². The van der Waals surface area contributed by atoms with Gasteiger partial charge in [-0.15, -0.1) is 0 Å². The van der Waals surface area contributed by atoms with Crippen molar-refractivity contribution in [3.8, 4) is 77.9 Å². The fraction of sp³-hybridized carbons (Fsp3) is 0.0769. The highest BCUT2D eigenvalue weighted by molar-refractivity contribution is 6.20. The Kier molecular flexibility index (Phi) is 10.2. The lowest BCUT2D eigenvalue weighted by Gasteiger charge is -2.33. The van der Waals surface area contributed by atoms with Crippen molar-refractivity contribution in [1.29, 1.82) is 0 Å². The summed E-state index contributed by atoms with van der Waals surface area (Å²) in [7, 11) is 0. The second kappa shape index (κ2) is 18.4. The molecule has 0 atom stereocenters. The van der Waals surface area contributed by atoms with Crippen LogP contribution in [0.5, 0.6) is 0 Å². The average molecular weight is 1200 g/mol. The number of nitrogens with zero attached hydrogens (tertiary/aromatic N) is 1. The van der Waals surface area contributed by atoms with Crippen LogP contribution in [0.3, 0.4) is 0 Å². The molecule has 3 heteroatoms. The fourth-order valence-electron chi connectivity index (χ4n) is 18.6. The molecule has 0 N–H and O–H groups in total. The number of anilines is 3. The zero-order chi connectivity index (χ0) is 62.1. The molecule has 0 fully saturated rings. The van der Waals surface area contributed by atoms with Gasteiger partial charge in [0.05, 0.1) is 10.8 Å². The van der Waals surface area contributed by atoms with Crippen molar-refractivity contribution in [2.24, 2.45) is 0 Å². The summed E-state index contributed by atoms with van der Waals surface area (Å²) in [6.07, 6.45) is 0. The molecule has 2 aromatic heterocycles. The van der Waals surface area contributed by atoms with Crippen LogP contribution < -0.4 is 4.90 Å². The zero-order valence-electron chi connectivity index (χ0n) is 52.4. The Labute approximate surface area is 545 Å². The molecule has 2 heterocycles. The second-order valence-corrected chi connectivity index (χ2v) is 27.4. The lowest BCUT2D eigenvalue weighted by atomic mass is 9.68. The number of fused-ring (bicyclic) bond motifs is 31. The second-order valence-electron chi connectivity index (χ2n) is 27.4. The van der Waals surface area contributed by atoms with E-state index in [9.17, 15) is 0 Å². The number of hydrogen-bond acceptors (Lipinski definition) is 3. The Balaban J connectivity index is 0.827. The molecule has 0 saturated heterocycles. The standard InChI is InChI=1S/C91H59NO2/c1-52-34-41-59(53(2)46-52)69-50-80-84(87-67-27-13-19-33-82(67)94-88(69)87)65-43-40-57(47-76(65)89(80,3)4)92(56-37-35-55(36-38-56)54-20-6-5-7-21-54)58-39-42-64-68-49-79-70(51-78(68)91(77(64)48-58)73-30-16-10-24-62(73)63-25-11-17-31-74(63)91)85-75(44-45-83-86(85)66-26-12-18-32-81(66)93-83)90(79)71-28-14-8-22-60(71)61-23-9-15-29-72(61)90/h5-51H,1-4H3. The van der Waals surface area contributed by atoms with E-state index in [1.165, 1.54) is 150 Å². The molecule has 3 nitrogen and oxygen atoms in total. The number of para-hydroxylation sites is 2. The molecule has 21 rings (SSSR count). The van der Waals surface area contributed by atoms with Gasteiger partial charge in [0.1, 0.15) is 22.3 Å². The van der Waals surface area contributed by atoms with Gasteiger partial charge in [0.2, 0.25) is 0 Å². The molecule has 0 amide bonds. The first kappa shape index (κ1) is 52.1. The van der Waals surface area contributed by atoms with E-state index in [0.717, 1.165) is 55.7 Å². The Morgan fingerprint density at radius 2 is 0.745 bits per heavy atom. The molecule has 0 saturated carbocycles. The first-order valence-corrected chi connectivity index (χ1v) is 33.0. The van der Waals surface area contributed by atoms with Crippen molar-refractivity contribution in [3.05, 3.63) is 352 Å². The summed E-state index contributed by atoms with van der Waals surface area (Å²) >= 11 is 0. The molecule has 0 aliphatic heterocycles. The summed E-state index contributed by atoms with van der Waals surface area (Å²) in [6, 6.07) is 108. The summed E-state index contributed by atoms with van der Waals surface area (Å²) in [4.78, 5) is 2.53. The molecule has 5 aliphatic carbocycles. The van der Waals surface area contributed by atoms with Gasteiger partial charge in [0, 0.05) is 49.6 Å². The van der Waals surface area contributed by atoms with Crippen LogP contribution in [0, 0.1) is 13.8 Å². The van der Waals surface area contributed by atoms with E-state index in [4.69, 9.17) is 8.83 Å². The Morgan fingerprint density at radius 3 is 1.39 bits per heavy atom. The highest BCUT2D eigenvalue weighted by Crippen LogP contribution is 2.70. The van der Waals surface area contributed by atoms with Crippen LogP contribution in [0.15, 0.2) is 294 Å². The van der Waals surface area contributed by atoms with E-state index in [2.05, 4.69) is 318 Å². The minimum absolute atomic E-state index is 0.380. The summed E-state index contributed by atoms with van der Waals surface area (Å²) in [5, 5.41) is 4.63. The maximum absolute atomic E-state index is 7.00. The van der Waals surface area contributed by atoms with Crippen LogP contribution in [0.2, 0.25) is 0 Å². The molecule has 0 bridgehead atoms. The highest BCUT2D eigenvalue weighted by Gasteiger charge is 2.57. The lowest BCUT2D eigenvalue weighted by molar-refractivity contribution is 0.657. The number of hydrogen-bond donors (Lipinski definition) is 0. The first-order chi connectivity index (χ1) is 46.2. The van der Waals surface area contributed by atoms with E-state index >= 15 is 0 Å². The maximum atomic E-state index is 7.00. The van der Waals surface area contributed by atoms with E-state index in [-0.39, 0.29) is 5.41 Å². The Bertz CT molecular complexity index is 5960. The van der Waals surface area contributed by atoms with Crippen LogP contribution >= 0.6 is 0 Å². The monoisotopic (exact) mass is 1200 g/mol. The van der Waals surface area contributed by atoms with Gasteiger partial charge in [-0.3, -0.25) is 0 Å². The third-order valence-electron chi connectivity index (χ3n) is 22.5. The van der Waals surface area contributed by atoms with Crippen LogP contribution in [0.25, 0.3) is 122 Å². The first-order valence-electron chi connectivity index (χ1n) is 33.0. The minimum Gasteiger partial charge on any atom is -0.456 e. The SMILES string of the molecule is Cc1ccc(-c2cc3c(c4c2oc2ccccc24)-c2ccc(N(c4ccc(-c5ccccc5)cc4)c4ccc5c(c4)C4(c6ccccc6-c6ccccc64)c4cc6c(cc4-5)C4(c5ccccc5-c5ccccc54)c4ccc5oc7ccccc7c5c4-6)cc2C3(C)C)c(C)c1. The number of aryl methyl sites for hydroxylation is 2. The van der Waals surface area contributed by atoms with Gasteiger partial charge in [-0.25, -0.2) is 0 Å². The van der Waals surface area contributed by atoms with Gasteiger partial charge in [-0.05, 0) is 220 Å². The number of furan rings is 2. The Morgan fingerprint density at radius 1 is 0.277 bits per heavy atom. The van der Waals surface area contributed by atoms with Gasteiger partial charge in [-0.1, -0.05) is 232 Å². The zero-order valence-corrected chi connectivity index (χ0v) is 52.4. The van der Waals surface area contributed by atoms with Crippen molar-refractivity contribution in [1.82, 2.24) is 0 Å². The summed E-state index contributed by atoms with van der Waals surface area (Å²) in [5.41, 5.74) is 38.2. The van der Waals surface area contributed by atoms with Gasteiger partial charge < -0.3 is 13.7 Å². The predicted octanol–water partition coefficient (Wildman–Crippen LogP) is 23.9. The quantitative estimate of drug-likeness (QED) is 0.172. The van der Waals surface area contributed by atoms with Crippen LogP contribution in [0.4, 0.5) is 17.1 Å². The molecule has 0 radical (unpaired) electrons. The molecular weight excluding hydrogens is 1140 g/mol. The Hall–Kier alpha value is -11.5. The molecule has 14 aromatic carbocycles. The molecule has 16 aromatic rings. The molecule has 94 heavy (non-hydrogen) atoms. The van der Waals surface area contributed by atoms with Crippen molar-refractivity contribution < 1.29 is 8.83 Å². The highest BCUT2D eigenvalue weighted by atomic mass is 16.3. The van der Waals surface area contributed by atoms with Crippen LogP contribution in [0.1, 0.15) is 80.6 Å². The summed E-state index contributed by atoms with van der Waals surface area (Å²) < 4.78 is 13.9. The fourth-order valence-corrected chi connectivity index (χ4v) is 18.6. The number of benzene rings is 14. The van der Waals surface area contributed by atoms with E-state index in [1.807, 2.05) is 0 Å². The maximum Gasteiger partial charge on any atom is 0.143 e. The third kappa shape index (κ3) is 6.46. The normalized spacial score (nSPS) is 14.6. The molecule has 5 aliphatic rings. The third-order valence-corrected chi connectivity index (χ3v) is 22.5. The summed E-state index contributed by atoms with van der Waals surface area (Å²) in [5.74, 6) is 0. The predicted molar refractivity (Wildman–Crippen MR) is 386 cm³/mol. The van der Waals surface area contributed by atoms with E-state index in [0.29, 0.717) is 0 Å². The van der Waals surface area contributed by atoms with Gasteiger partial charge in [-0.2, -0.15) is 0 Å². The smallest absolute Gasteiger partial charge is 0.143 e. The topological polar surface area (TPSA) is 29.5 Å². The lowest BCUT2D eigenvalue weighted by Crippen LogP contribution is -2.27. The molecule has 2 spiro atoms. The van der Waals surface area contributed by atoms with Crippen molar-refractivity contribution in [2.45, 2.75) is 43.9 Å². The van der Waals surface area contributed by atoms with Gasteiger partial charge in [0.15, 0.2) is 0 Å².